The fourth-order valence-corrected chi connectivity index (χ4v) is 1.27. The lowest BCUT2D eigenvalue weighted by molar-refractivity contribution is -0.137. The maximum absolute atomic E-state index is 10.4. The van der Waals surface area contributed by atoms with Crippen molar-refractivity contribution in [1.82, 2.24) is 0 Å². The maximum atomic E-state index is 10.4. The van der Waals surface area contributed by atoms with Gasteiger partial charge in [-0.15, -0.1) is 0 Å². The lowest BCUT2D eigenvalue weighted by atomic mass is 9.99. The van der Waals surface area contributed by atoms with E-state index in [2.05, 4.69) is 13.0 Å². The van der Waals surface area contributed by atoms with Crippen LogP contribution in [0.4, 0.5) is 0 Å². The molecule has 0 fully saturated rings. The van der Waals surface area contributed by atoms with E-state index < -0.39 is 5.97 Å². The predicted molar refractivity (Wildman–Crippen MR) is 56.1 cm³/mol. The molecule has 0 saturated heterocycles. The molecule has 0 amide bonds. The van der Waals surface area contributed by atoms with Crippen LogP contribution in [0.2, 0.25) is 0 Å². The van der Waals surface area contributed by atoms with Crippen molar-refractivity contribution in [2.45, 2.75) is 39.0 Å². The molecule has 0 aliphatic carbocycles. The van der Waals surface area contributed by atoms with Crippen LogP contribution in [0.3, 0.4) is 0 Å². The third-order valence-corrected chi connectivity index (χ3v) is 2.09. The zero-order valence-electron chi connectivity index (χ0n) is 8.78. The van der Waals surface area contributed by atoms with Crippen LogP contribution in [0.25, 0.3) is 0 Å². The Morgan fingerprint density at radius 2 is 2.14 bits per heavy atom. The van der Waals surface area contributed by atoms with E-state index in [0.717, 1.165) is 12.8 Å². The van der Waals surface area contributed by atoms with E-state index in [1.165, 1.54) is 0 Å². The quantitative estimate of drug-likeness (QED) is 0.590. The predicted octanol–water partition coefficient (Wildman–Crippen LogP) is 2.21. The van der Waals surface area contributed by atoms with Crippen molar-refractivity contribution in [2.75, 3.05) is 6.61 Å². The van der Waals surface area contributed by atoms with Gasteiger partial charge in [-0.3, -0.25) is 4.79 Å². The standard InChI is InChI=1S/C11H20O3/c1-2-3-4-5-10(8-9-12)6-7-11(13)14/h4-5,10,12H,2-3,6-9H2,1H3,(H,13,14)/b5-4+. The van der Waals surface area contributed by atoms with Crippen LogP contribution in [-0.2, 0) is 4.79 Å². The fraction of sp³-hybridized carbons (Fsp3) is 0.727. The second kappa shape index (κ2) is 8.75. The van der Waals surface area contributed by atoms with Gasteiger partial charge in [-0.1, -0.05) is 25.5 Å². The molecule has 0 aromatic heterocycles. The van der Waals surface area contributed by atoms with Crippen molar-refractivity contribution < 1.29 is 15.0 Å². The SMILES string of the molecule is CCC/C=C/C(CCO)CCC(=O)O. The zero-order valence-corrected chi connectivity index (χ0v) is 8.78. The van der Waals surface area contributed by atoms with E-state index >= 15 is 0 Å². The van der Waals surface area contributed by atoms with E-state index in [0.29, 0.717) is 12.8 Å². The van der Waals surface area contributed by atoms with Crippen molar-refractivity contribution in [2.24, 2.45) is 5.92 Å². The fourth-order valence-electron chi connectivity index (χ4n) is 1.27. The topological polar surface area (TPSA) is 57.5 Å². The first-order valence-corrected chi connectivity index (χ1v) is 5.20. The van der Waals surface area contributed by atoms with Crippen LogP contribution in [0.1, 0.15) is 39.0 Å². The van der Waals surface area contributed by atoms with Gasteiger partial charge in [0.1, 0.15) is 0 Å². The van der Waals surface area contributed by atoms with Crippen LogP contribution in [0, 0.1) is 5.92 Å². The summed E-state index contributed by atoms with van der Waals surface area (Å²) in [6.45, 7) is 2.23. The molecule has 0 radical (unpaired) electrons. The minimum atomic E-state index is -0.767. The molecule has 0 saturated carbocycles. The van der Waals surface area contributed by atoms with E-state index in [1.54, 1.807) is 0 Å². The van der Waals surface area contributed by atoms with E-state index in [-0.39, 0.29) is 18.9 Å². The number of hydrogen-bond acceptors (Lipinski definition) is 2. The van der Waals surface area contributed by atoms with Gasteiger partial charge in [-0.05, 0) is 25.2 Å². The molecule has 0 aliphatic heterocycles. The van der Waals surface area contributed by atoms with Crippen LogP contribution < -0.4 is 0 Å². The average molecular weight is 200 g/mol. The highest BCUT2D eigenvalue weighted by Gasteiger charge is 2.06. The zero-order chi connectivity index (χ0) is 10.8. The van der Waals surface area contributed by atoms with Gasteiger partial charge >= 0.3 is 5.97 Å². The molecule has 1 unspecified atom stereocenters. The number of rotatable bonds is 8. The maximum Gasteiger partial charge on any atom is 0.303 e. The number of carbonyl (C=O) groups is 1. The average Bonchev–Trinajstić information content (AvgIpc) is 2.14. The summed E-state index contributed by atoms with van der Waals surface area (Å²) < 4.78 is 0. The Morgan fingerprint density at radius 1 is 1.43 bits per heavy atom. The van der Waals surface area contributed by atoms with Crippen LogP contribution >= 0.6 is 0 Å². The highest BCUT2D eigenvalue weighted by Crippen LogP contribution is 2.13. The summed E-state index contributed by atoms with van der Waals surface area (Å²) in [5.74, 6) is -0.556. The lowest BCUT2D eigenvalue weighted by Gasteiger charge is -2.08. The molecule has 14 heavy (non-hydrogen) atoms. The number of aliphatic hydroxyl groups excluding tert-OH is 1. The van der Waals surface area contributed by atoms with E-state index in [1.807, 2.05) is 6.08 Å². The molecule has 3 nitrogen and oxygen atoms in total. The van der Waals surface area contributed by atoms with Gasteiger partial charge in [0.25, 0.3) is 0 Å². The van der Waals surface area contributed by atoms with Gasteiger partial charge in [0, 0.05) is 13.0 Å². The van der Waals surface area contributed by atoms with Crippen LogP contribution in [-0.4, -0.2) is 22.8 Å². The van der Waals surface area contributed by atoms with Crippen LogP contribution in [0.15, 0.2) is 12.2 Å². The second-order valence-electron chi connectivity index (χ2n) is 3.42. The summed E-state index contributed by atoms with van der Waals surface area (Å²) in [5, 5.41) is 17.3. The molecule has 0 aliphatic rings. The number of aliphatic hydroxyl groups is 1. The molecule has 0 aromatic carbocycles. The smallest absolute Gasteiger partial charge is 0.303 e. The summed E-state index contributed by atoms with van der Waals surface area (Å²) >= 11 is 0. The van der Waals surface area contributed by atoms with Gasteiger partial charge in [-0.2, -0.15) is 0 Å². The number of carboxylic acids is 1. The van der Waals surface area contributed by atoms with Crippen LogP contribution in [0.5, 0.6) is 0 Å². The minimum Gasteiger partial charge on any atom is -0.481 e. The van der Waals surface area contributed by atoms with Gasteiger partial charge in [0.15, 0.2) is 0 Å². The van der Waals surface area contributed by atoms with E-state index in [4.69, 9.17) is 10.2 Å². The Bertz CT molecular complexity index is 175. The molecule has 3 heteroatoms. The molecule has 0 rings (SSSR count). The van der Waals surface area contributed by atoms with Gasteiger partial charge in [0.05, 0.1) is 0 Å². The number of carboxylic acid groups (broad SMARTS) is 1. The summed E-state index contributed by atoms with van der Waals surface area (Å²) in [4.78, 5) is 10.4. The first-order valence-electron chi connectivity index (χ1n) is 5.20. The molecule has 2 N–H and O–H groups in total. The van der Waals surface area contributed by atoms with E-state index in [9.17, 15) is 4.79 Å². The Labute approximate surface area is 85.4 Å². The van der Waals surface area contributed by atoms with Crippen molar-refractivity contribution in [1.29, 1.82) is 0 Å². The molecule has 82 valence electrons. The third-order valence-electron chi connectivity index (χ3n) is 2.09. The monoisotopic (exact) mass is 200 g/mol. The van der Waals surface area contributed by atoms with Crippen molar-refractivity contribution in [3.05, 3.63) is 12.2 Å². The lowest BCUT2D eigenvalue weighted by Crippen LogP contribution is -2.04. The molecule has 0 bridgehead atoms. The molecular weight excluding hydrogens is 180 g/mol. The largest absolute Gasteiger partial charge is 0.481 e. The third kappa shape index (κ3) is 7.80. The Kier molecular flexibility index (Phi) is 8.24. The van der Waals surface area contributed by atoms with Gasteiger partial charge in [0.2, 0.25) is 0 Å². The number of unbranched alkanes of at least 4 members (excludes halogenated alkanes) is 1. The van der Waals surface area contributed by atoms with Gasteiger partial charge < -0.3 is 10.2 Å². The van der Waals surface area contributed by atoms with Crippen molar-refractivity contribution in [3.8, 4) is 0 Å². The first kappa shape index (κ1) is 13.2. The Morgan fingerprint density at radius 3 is 2.64 bits per heavy atom. The molecular formula is C11H20O3. The van der Waals surface area contributed by atoms with Crippen molar-refractivity contribution >= 4 is 5.97 Å². The molecule has 0 aromatic rings. The summed E-state index contributed by atoms with van der Waals surface area (Å²) in [6.07, 6.45) is 7.69. The summed E-state index contributed by atoms with van der Waals surface area (Å²) in [5.41, 5.74) is 0. The van der Waals surface area contributed by atoms with Crippen molar-refractivity contribution in [3.63, 3.8) is 0 Å². The molecule has 1 atom stereocenters. The van der Waals surface area contributed by atoms with Gasteiger partial charge in [-0.25, -0.2) is 0 Å². The summed E-state index contributed by atoms with van der Waals surface area (Å²) in [6, 6.07) is 0. The number of hydrogen-bond donors (Lipinski definition) is 2. The first-order chi connectivity index (χ1) is 6.70. The Balaban J connectivity index is 3.81. The minimum absolute atomic E-state index is 0.126. The highest BCUT2D eigenvalue weighted by atomic mass is 16.4. The highest BCUT2D eigenvalue weighted by molar-refractivity contribution is 5.66. The summed E-state index contributed by atoms with van der Waals surface area (Å²) in [7, 11) is 0. The Hall–Kier alpha value is -0.830. The number of allylic oxidation sites excluding steroid dienone is 2. The molecule has 0 spiro atoms. The molecule has 0 heterocycles. The second-order valence-corrected chi connectivity index (χ2v) is 3.42. The normalized spacial score (nSPS) is 13.3. The number of aliphatic carboxylic acids is 1.